The Hall–Kier alpha value is -4.67. The molecule has 0 atom stereocenters. The van der Waals surface area contributed by atoms with Gasteiger partial charge in [0.25, 0.3) is 0 Å². The smallest absolute Gasteiger partial charge is 0.164 e. The van der Waals surface area contributed by atoms with Crippen LogP contribution in [0.4, 0.5) is 0 Å². The maximum Gasteiger partial charge on any atom is 0.164 e. The van der Waals surface area contributed by atoms with Gasteiger partial charge in [-0.1, -0.05) is 91.0 Å². The molecule has 2 heterocycles. The van der Waals surface area contributed by atoms with Gasteiger partial charge in [0.1, 0.15) is 0 Å². The maximum absolute atomic E-state index is 5.33. The van der Waals surface area contributed by atoms with E-state index in [0.717, 1.165) is 52.0 Å². The van der Waals surface area contributed by atoms with Crippen LogP contribution in [0, 0.1) is 23.7 Å². The number of fused-ring (bicyclic) bond motifs is 6. The molecule has 0 saturated heterocycles. The van der Waals surface area contributed by atoms with Crippen molar-refractivity contribution in [1.82, 2.24) is 15.0 Å². The Balaban J connectivity index is 1.15. The Morgan fingerprint density at radius 2 is 1.13 bits per heavy atom. The lowest BCUT2D eigenvalue weighted by Crippen LogP contribution is -2.55. The topological polar surface area (TPSA) is 38.7 Å². The third kappa shape index (κ3) is 3.65. The predicted molar refractivity (Wildman–Crippen MR) is 192 cm³/mol. The van der Waals surface area contributed by atoms with E-state index < -0.39 is 0 Å². The Labute approximate surface area is 278 Å². The molecule has 2 aromatic heterocycles. The molecular weight excluding hydrogens is 591 g/mol. The first-order chi connectivity index (χ1) is 23.2. The van der Waals surface area contributed by atoms with Gasteiger partial charge in [0.2, 0.25) is 0 Å². The number of hydrogen-bond acceptors (Lipinski definition) is 4. The molecule has 5 aliphatic carbocycles. The molecular formula is C43H33N3S. The molecule has 0 radical (unpaired) electrons. The monoisotopic (exact) mass is 623 g/mol. The minimum Gasteiger partial charge on any atom is -0.208 e. The van der Waals surface area contributed by atoms with Gasteiger partial charge in [-0.2, -0.15) is 0 Å². The molecule has 0 N–H and O–H groups in total. The van der Waals surface area contributed by atoms with E-state index in [1.807, 2.05) is 17.4 Å². The van der Waals surface area contributed by atoms with Crippen LogP contribution in [0.15, 0.2) is 115 Å². The van der Waals surface area contributed by atoms with E-state index in [1.54, 1.807) is 5.56 Å². The van der Waals surface area contributed by atoms with Crippen molar-refractivity contribution in [3.8, 4) is 45.3 Å². The average molecular weight is 624 g/mol. The standard InChI is InChI=1S/C43H33N3S/c1-2-9-27(10-3-1)40-44-41(28-17-18-38-34(24-28)31-11-5-7-16-37(31)47-38)46-42(45-40)33-13-8-15-36-39(33)32-12-4-6-14-35(32)43(36)29-20-25-19-26(22-29)23-30(43)21-25/h1-18,24-26,29-30H,19-23H2. The summed E-state index contributed by atoms with van der Waals surface area (Å²) in [5.41, 5.74) is 9.09. The Bertz CT molecular complexity index is 2360. The summed E-state index contributed by atoms with van der Waals surface area (Å²) < 4.78 is 2.59. The number of nitrogens with zero attached hydrogens (tertiary/aromatic N) is 3. The van der Waals surface area contributed by atoms with Crippen LogP contribution in [0.1, 0.15) is 43.2 Å². The molecule has 47 heavy (non-hydrogen) atoms. The quantitative estimate of drug-likeness (QED) is 0.197. The normalized spacial score (nSPS) is 25.1. The largest absolute Gasteiger partial charge is 0.208 e. The SMILES string of the molecule is c1ccc(-c2nc(-c3ccc4sc5ccccc5c4c3)nc(-c3cccc4c3-c3ccccc3C43C4CC5CC(C4)CC3C5)n2)cc1. The zero-order valence-electron chi connectivity index (χ0n) is 26.1. The Morgan fingerprint density at radius 3 is 1.96 bits per heavy atom. The van der Waals surface area contributed by atoms with Crippen molar-refractivity contribution in [2.75, 3.05) is 0 Å². The minimum atomic E-state index is 0.110. The second kappa shape index (κ2) is 9.68. The van der Waals surface area contributed by atoms with Crippen molar-refractivity contribution in [2.24, 2.45) is 23.7 Å². The van der Waals surface area contributed by atoms with Crippen LogP contribution in [-0.4, -0.2) is 15.0 Å². The van der Waals surface area contributed by atoms with Crippen LogP contribution in [0.2, 0.25) is 0 Å². The van der Waals surface area contributed by atoms with E-state index in [2.05, 4.69) is 109 Å². The van der Waals surface area contributed by atoms with Crippen LogP contribution in [0.3, 0.4) is 0 Å². The summed E-state index contributed by atoms with van der Waals surface area (Å²) in [6.07, 6.45) is 6.95. The Morgan fingerprint density at radius 1 is 0.489 bits per heavy atom. The molecule has 12 rings (SSSR count). The van der Waals surface area contributed by atoms with E-state index in [-0.39, 0.29) is 5.41 Å². The van der Waals surface area contributed by atoms with Gasteiger partial charge >= 0.3 is 0 Å². The zero-order valence-corrected chi connectivity index (χ0v) is 26.9. The summed E-state index contributed by atoms with van der Waals surface area (Å²) in [4.78, 5) is 15.7. The molecule has 1 spiro atoms. The lowest BCUT2D eigenvalue weighted by Gasteiger charge is -2.61. The molecule has 3 nitrogen and oxygen atoms in total. The van der Waals surface area contributed by atoms with Crippen LogP contribution in [0.25, 0.3) is 65.5 Å². The van der Waals surface area contributed by atoms with Gasteiger partial charge in [-0.3, -0.25) is 0 Å². The lowest BCUT2D eigenvalue weighted by molar-refractivity contribution is -0.0399. The second-order valence-corrected chi connectivity index (χ2v) is 15.5. The first-order valence-electron chi connectivity index (χ1n) is 17.2. The van der Waals surface area contributed by atoms with Crippen LogP contribution < -0.4 is 0 Å². The van der Waals surface area contributed by atoms with Crippen molar-refractivity contribution >= 4 is 31.5 Å². The molecule has 0 amide bonds. The van der Waals surface area contributed by atoms with Crippen molar-refractivity contribution < 1.29 is 0 Å². The number of hydrogen-bond donors (Lipinski definition) is 0. The minimum absolute atomic E-state index is 0.110. The summed E-state index contributed by atoms with van der Waals surface area (Å²) >= 11 is 1.84. The highest BCUT2D eigenvalue weighted by molar-refractivity contribution is 7.25. The molecule has 0 aliphatic heterocycles. The molecule has 5 aliphatic rings. The summed E-state index contributed by atoms with van der Waals surface area (Å²) in [6, 6.07) is 42.1. The van der Waals surface area contributed by atoms with Crippen molar-refractivity contribution in [2.45, 2.75) is 37.5 Å². The van der Waals surface area contributed by atoms with E-state index in [9.17, 15) is 0 Å². The summed E-state index contributed by atoms with van der Waals surface area (Å²) in [5, 5.41) is 2.54. The van der Waals surface area contributed by atoms with Gasteiger partial charge in [0, 0.05) is 42.3 Å². The predicted octanol–water partition coefficient (Wildman–Crippen LogP) is 11.0. The van der Waals surface area contributed by atoms with E-state index in [0.29, 0.717) is 5.82 Å². The van der Waals surface area contributed by atoms with Gasteiger partial charge in [-0.15, -0.1) is 11.3 Å². The van der Waals surface area contributed by atoms with Gasteiger partial charge < -0.3 is 0 Å². The molecule has 5 aromatic carbocycles. The molecule has 4 saturated carbocycles. The van der Waals surface area contributed by atoms with Crippen molar-refractivity contribution in [3.05, 3.63) is 126 Å². The van der Waals surface area contributed by atoms with Crippen LogP contribution in [0.5, 0.6) is 0 Å². The molecule has 226 valence electrons. The highest BCUT2D eigenvalue weighted by Crippen LogP contribution is 2.69. The average Bonchev–Trinajstić information content (AvgIpc) is 3.64. The fourth-order valence-corrected chi connectivity index (χ4v) is 11.7. The van der Waals surface area contributed by atoms with E-state index in [1.165, 1.54) is 69.0 Å². The van der Waals surface area contributed by atoms with Crippen molar-refractivity contribution in [3.63, 3.8) is 0 Å². The number of rotatable bonds is 3. The first-order valence-corrected chi connectivity index (χ1v) is 18.0. The fraction of sp³-hybridized carbons (Fsp3) is 0.233. The summed E-state index contributed by atoms with van der Waals surface area (Å²) in [5.74, 6) is 5.47. The maximum atomic E-state index is 5.33. The first kappa shape index (κ1) is 26.4. The zero-order chi connectivity index (χ0) is 30.7. The third-order valence-corrected chi connectivity index (χ3v) is 13.3. The molecule has 4 fully saturated rings. The molecule has 0 unspecified atom stereocenters. The summed E-state index contributed by atoms with van der Waals surface area (Å²) in [7, 11) is 0. The summed E-state index contributed by atoms with van der Waals surface area (Å²) in [6.45, 7) is 0. The van der Waals surface area contributed by atoms with Gasteiger partial charge in [-0.25, -0.2) is 15.0 Å². The molecule has 4 bridgehead atoms. The van der Waals surface area contributed by atoms with E-state index in [4.69, 9.17) is 15.0 Å². The molecule has 7 aromatic rings. The highest BCUT2D eigenvalue weighted by Gasteiger charge is 2.61. The van der Waals surface area contributed by atoms with Gasteiger partial charge in [0.05, 0.1) is 0 Å². The number of thiophene rings is 1. The van der Waals surface area contributed by atoms with Crippen LogP contribution in [-0.2, 0) is 5.41 Å². The number of benzene rings is 5. The van der Waals surface area contributed by atoms with Crippen LogP contribution >= 0.6 is 11.3 Å². The van der Waals surface area contributed by atoms with Gasteiger partial charge in [-0.05, 0) is 102 Å². The van der Waals surface area contributed by atoms with Gasteiger partial charge in [0.15, 0.2) is 17.5 Å². The third-order valence-electron chi connectivity index (χ3n) is 12.1. The Kier molecular flexibility index (Phi) is 5.44. The molecule has 4 heteroatoms. The fourth-order valence-electron chi connectivity index (χ4n) is 10.6. The van der Waals surface area contributed by atoms with Crippen molar-refractivity contribution in [1.29, 1.82) is 0 Å². The van der Waals surface area contributed by atoms with E-state index >= 15 is 0 Å². The number of aromatic nitrogens is 3. The lowest BCUT2D eigenvalue weighted by atomic mass is 9.43. The highest BCUT2D eigenvalue weighted by atomic mass is 32.1. The second-order valence-electron chi connectivity index (χ2n) is 14.4.